The Hall–Kier alpha value is -1.53. The highest BCUT2D eigenvalue weighted by Crippen LogP contribution is 2.28. The molecule has 6 heteroatoms. The lowest BCUT2D eigenvalue weighted by Gasteiger charge is -2.39. The van der Waals surface area contributed by atoms with Crippen LogP contribution in [0.1, 0.15) is 37.8 Å². The van der Waals surface area contributed by atoms with E-state index in [0.717, 1.165) is 24.9 Å². The lowest BCUT2D eigenvalue weighted by Crippen LogP contribution is -2.51. The lowest BCUT2D eigenvalue weighted by molar-refractivity contribution is -0.132. The Bertz CT molecular complexity index is 598. The summed E-state index contributed by atoms with van der Waals surface area (Å²) in [4.78, 5) is 16.3. The first-order valence-electron chi connectivity index (χ1n) is 9.26. The van der Waals surface area contributed by atoms with Crippen LogP contribution in [-0.2, 0) is 4.79 Å². The molecule has 0 bridgehead atoms. The first-order chi connectivity index (χ1) is 12.1. The van der Waals surface area contributed by atoms with Gasteiger partial charge in [0.1, 0.15) is 11.6 Å². The largest absolute Gasteiger partial charge is 0.339 e. The van der Waals surface area contributed by atoms with E-state index < -0.39 is 11.6 Å². The van der Waals surface area contributed by atoms with Crippen molar-refractivity contribution < 1.29 is 13.6 Å². The van der Waals surface area contributed by atoms with Crippen molar-refractivity contribution in [1.29, 1.82) is 0 Å². The summed E-state index contributed by atoms with van der Waals surface area (Å²) in [7, 11) is 0. The maximum atomic E-state index is 14.1. The van der Waals surface area contributed by atoms with Crippen LogP contribution in [-0.4, -0.2) is 55.0 Å². The lowest BCUT2D eigenvalue weighted by atomic mass is 10.0. The van der Waals surface area contributed by atoms with Crippen molar-refractivity contribution in [2.24, 2.45) is 5.92 Å². The molecule has 138 valence electrons. The minimum atomic E-state index is -0.551. The molecule has 1 aromatic rings. The average molecular weight is 351 g/mol. The molecule has 1 aromatic carbocycles. The molecule has 1 amide bonds. The molecule has 1 heterocycles. The van der Waals surface area contributed by atoms with Crippen LogP contribution in [0.4, 0.5) is 8.78 Å². The third-order valence-electron chi connectivity index (χ3n) is 5.22. The number of carbonyl (C=O) groups excluding carboxylic acids is 1. The molecule has 1 saturated carbocycles. The fraction of sp³-hybridized carbons (Fsp3) is 0.632. The van der Waals surface area contributed by atoms with Crippen LogP contribution in [0, 0.1) is 17.6 Å². The number of nitrogens with one attached hydrogen (secondary N) is 1. The van der Waals surface area contributed by atoms with E-state index in [9.17, 15) is 13.6 Å². The predicted octanol–water partition coefficient (Wildman–Crippen LogP) is 2.56. The normalized spacial score (nSPS) is 19.9. The molecule has 0 spiro atoms. The molecule has 1 unspecified atom stereocenters. The van der Waals surface area contributed by atoms with E-state index >= 15 is 0 Å². The zero-order chi connectivity index (χ0) is 17.8. The Kier molecular flexibility index (Phi) is 6.02. The summed E-state index contributed by atoms with van der Waals surface area (Å²) in [5, 5.41) is 3.24. The molecule has 1 N–H and O–H groups in total. The van der Waals surface area contributed by atoms with Crippen LogP contribution in [0.15, 0.2) is 18.2 Å². The van der Waals surface area contributed by atoms with Gasteiger partial charge in [0.05, 0.1) is 6.54 Å². The van der Waals surface area contributed by atoms with Crippen molar-refractivity contribution in [3.63, 3.8) is 0 Å². The zero-order valence-electron chi connectivity index (χ0n) is 14.8. The minimum absolute atomic E-state index is 0.0779. The van der Waals surface area contributed by atoms with Crippen LogP contribution < -0.4 is 5.32 Å². The molecule has 1 saturated heterocycles. The van der Waals surface area contributed by atoms with Crippen molar-refractivity contribution in [2.75, 3.05) is 39.3 Å². The first-order valence-corrected chi connectivity index (χ1v) is 9.26. The van der Waals surface area contributed by atoms with Crippen LogP contribution in [0.5, 0.6) is 0 Å². The summed E-state index contributed by atoms with van der Waals surface area (Å²) in [5.74, 6) is -0.137. The summed E-state index contributed by atoms with van der Waals surface area (Å²) >= 11 is 0. The molecular formula is C19H27F2N3O. The van der Waals surface area contributed by atoms with Crippen LogP contribution >= 0.6 is 0 Å². The summed E-state index contributed by atoms with van der Waals surface area (Å²) in [6.07, 6.45) is 3.30. The van der Waals surface area contributed by atoms with Gasteiger partial charge in [-0.2, -0.15) is 0 Å². The van der Waals surface area contributed by atoms with E-state index in [1.54, 1.807) is 0 Å². The van der Waals surface area contributed by atoms with Crippen molar-refractivity contribution in [3.05, 3.63) is 35.4 Å². The molecule has 0 aromatic heterocycles. The Balaban J connectivity index is 1.51. The van der Waals surface area contributed by atoms with Crippen molar-refractivity contribution in [2.45, 2.75) is 32.2 Å². The van der Waals surface area contributed by atoms with Gasteiger partial charge in [-0.15, -0.1) is 0 Å². The molecule has 3 rings (SSSR count). The Morgan fingerprint density at radius 1 is 1.24 bits per heavy atom. The minimum Gasteiger partial charge on any atom is -0.339 e. The number of amides is 1. The van der Waals surface area contributed by atoms with Gasteiger partial charge >= 0.3 is 0 Å². The molecule has 1 aliphatic heterocycles. The molecule has 1 atom stereocenters. The van der Waals surface area contributed by atoms with Gasteiger partial charge in [0.25, 0.3) is 0 Å². The second-order valence-electron chi connectivity index (χ2n) is 7.08. The number of hydrogen-bond acceptors (Lipinski definition) is 3. The summed E-state index contributed by atoms with van der Waals surface area (Å²) in [6.45, 7) is 6.08. The highest BCUT2D eigenvalue weighted by molar-refractivity contribution is 5.78. The average Bonchev–Trinajstić information content (AvgIpc) is 3.42. The summed E-state index contributed by atoms with van der Waals surface area (Å²) in [5.41, 5.74) is 0.537. The molecular weight excluding hydrogens is 324 g/mol. The highest BCUT2D eigenvalue weighted by Gasteiger charge is 2.28. The Morgan fingerprint density at radius 2 is 1.96 bits per heavy atom. The highest BCUT2D eigenvalue weighted by atomic mass is 19.1. The zero-order valence-corrected chi connectivity index (χ0v) is 14.8. The monoisotopic (exact) mass is 351 g/mol. The number of halogens is 2. The maximum Gasteiger partial charge on any atom is 0.236 e. The van der Waals surface area contributed by atoms with Gasteiger partial charge in [0.15, 0.2) is 0 Å². The topological polar surface area (TPSA) is 35.6 Å². The Morgan fingerprint density at radius 3 is 2.56 bits per heavy atom. The number of rotatable bonds is 7. The molecule has 2 aliphatic rings. The third kappa shape index (κ3) is 4.76. The maximum absolute atomic E-state index is 14.1. The second-order valence-corrected chi connectivity index (χ2v) is 7.08. The number of benzene rings is 1. The van der Waals surface area contributed by atoms with Gasteiger partial charge in [0, 0.05) is 43.9 Å². The fourth-order valence-electron chi connectivity index (χ4n) is 3.55. The quantitative estimate of drug-likeness (QED) is 0.820. The van der Waals surface area contributed by atoms with E-state index in [4.69, 9.17) is 0 Å². The summed E-state index contributed by atoms with van der Waals surface area (Å²) < 4.78 is 27.3. The van der Waals surface area contributed by atoms with Crippen molar-refractivity contribution in [3.8, 4) is 0 Å². The SMILES string of the molecule is CCC(c1ccc(F)cc1F)N1CCN(C(=O)CNCC2CC2)CC1. The molecule has 2 fully saturated rings. The van der Waals surface area contributed by atoms with Gasteiger partial charge in [0.2, 0.25) is 5.91 Å². The molecule has 0 radical (unpaired) electrons. The van der Waals surface area contributed by atoms with Crippen molar-refractivity contribution >= 4 is 5.91 Å². The van der Waals surface area contributed by atoms with E-state index in [2.05, 4.69) is 10.2 Å². The van der Waals surface area contributed by atoms with E-state index in [1.165, 1.54) is 25.0 Å². The van der Waals surface area contributed by atoms with Gasteiger partial charge in [-0.05, 0) is 37.8 Å². The summed E-state index contributed by atoms with van der Waals surface area (Å²) in [6, 6.07) is 3.72. The smallest absolute Gasteiger partial charge is 0.236 e. The van der Waals surface area contributed by atoms with E-state index in [0.29, 0.717) is 38.3 Å². The number of piperazine rings is 1. The van der Waals surface area contributed by atoms with E-state index in [1.807, 2.05) is 11.8 Å². The fourth-order valence-corrected chi connectivity index (χ4v) is 3.55. The number of hydrogen-bond donors (Lipinski definition) is 1. The van der Waals surface area contributed by atoms with Crippen LogP contribution in [0.2, 0.25) is 0 Å². The van der Waals surface area contributed by atoms with Gasteiger partial charge in [-0.1, -0.05) is 13.0 Å². The predicted molar refractivity (Wildman–Crippen MR) is 93.1 cm³/mol. The standard InChI is InChI=1S/C19H27F2N3O/c1-2-18(16-6-5-15(20)11-17(16)21)23-7-9-24(10-8-23)19(25)13-22-12-14-3-4-14/h5-6,11,14,18,22H,2-4,7-10,12-13H2,1H3. The third-order valence-corrected chi connectivity index (χ3v) is 5.22. The number of carbonyl (C=O) groups is 1. The Labute approximate surface area is 148 Å². The van der Waals surface area contributed by atoms with Gasteiger partial charge in [-0.25, -0.2) is 8.78 Å². The van der Waals surface area contributed by atoms with Crippen LogP contribution in [0.25, 0.3) is 0 Å². The molecule has 25 heavy (non-hydrogen) atoms. The van der Waals surface area contributed by atoms with Gasteiger partial charge < -0.3 is 10.2 Å². The molecule has 4 nitrogen and oxygen atoms in total. The van der Waals surface area contributed by atoms with E-state index in [-0.39, 0.29) is 11.9 Å². The molecule has 1 aliphatic carbocycles. The second kappa shape index (κ2) is 8.23. The first kappa shape index (κ1) is 18.3. The van der Waals surface area contributed by atoms with Crippen molar-refractivity contribution in [1.82, 2.24) is 15.1 Å². The van der Waals surface area contributed by atoms with Crippen LogP contribution in [0.3, 0.4) is 0 Å². The number of nitrogens with zero attached hydrogens (tertiary/aromatic N) is 2. The van der Waals surface area contributed by atoms with Gasteiger partial charge in [-0.3, -0.25) is 9.69 Å².